The molecule has 1 aliphatic carbocycles. The van der Waals surface area contributed by atoms with E-state index in [4.69, 9.17) is 0 Å². The third-order valence-electron chi connectivity index (χ3n) is 4.27. The first-order chi connectivity index (χ1) is 9.24. The van der Waals surface area contributed by atoms with E-state index < -0.39 is 0 Å². The van der Waals surface area contributed by atoms with E-state index in [1.165, 1.54) is 19.3 Å². The molecular formula is C16H20N2O. The summed E-state index contributed by atoms with van der Waals surface area (Å²) in [6, 6.07) is 10.4. The number of fused-ring (bicyclic) bond motifs is 1. The number of carbonyl (C=O) groups is 1. The lowest BCUT2D eigenvalue weighted by atomic mass is 9.93. The van der Waals surface area contributed by atoms with Gasteiger partial charge in [-0.1, -0.05) is 36.8 Å². The number of carbonyl (C=O) groups excluding carboxylic acids is 1. The van der Waals surface area contributed by atoms with Crippen LogP contribution in [0.3, 0.4) is 0 Å². The van der Waals surface area contributed by atoms with Crippen molar-refractivity contribution in [1.82, 2.24) is 10.6 Å². The second-order valence-electron chi connectivity index (χ2n) is 5.57. The highest BCUT2D eigenvalue weighted by Gasteiger charge is 2.35. The maximum Gasteiger partial charge on any atom is 0.189 e. The zero-order valence-electron chi connectivity index (χ0n) is 11.2. The van der Waals surface area contributed by atoms with Gasteiger partial charge < -0.3 is 10.6 Å². The Morgan fingerprint density at radius 2 is 2.00 bits per heavy atom. The number of hydrogen-bond acceptors (Lipinski definition) is 3. The lowest BCUT2D eigenvalue weighted by molar-refractivity contribution is 0.104. The van der Waals surface area contributed by atoms with Crippen LogP contribution in [0.15, 0.2) is 42.2 Å². The molecule has 2 aliphatic rings. The van der Waals surface area contributed by atoms with Gasteiger partial charge in [0.1, 0.15) is 5.82 Å². The predicted octanol–water partition coefficient (Wildman–Crippen LogP) is 2.46. The van der Waals surface area contributed by atoms with E-state index in [1.54, 1.807) is 6.08 Å². The van der Waals surface area contributed by atoms with Crippen LogP contribution in [-0.2, 0) is 0 Å². The average molecular weight is 256 g/mol. The number of rotatable bonds is 2. The maximum atomic E-state index is 12.2. The van der Waals surface area contributed by atoms with Gasteiger partial charge in [0.15, 0.2) is 5.78 Å². The van der Waals surface area contributed by atoms with Crippen LogP contribution in [0.2, 0.25) is 0 Å². The van der Waals surface area contributed by atoms with Gasteiger partial charge in [0.25, 0.3) is 0 Å². The van der Waals surface area contributed by atoms with Crippen LogP contribution in [0, 0.1) is 5.92 Å². The van der Waals surface area contributed by atoms with E-state index in [2.05, 4.69) is 17.6 Å². The normalized spacial score (nSPS) is 31.4. The lowest BCUT2D eigenvalue weighted by Crippen LogP contribution is -2.52. The Labute approximate surface area is 114 Å². The van der Waals surface area contributed by atoms with Crippen molar-refractivity contribution in [3.05, 3.63) is 47.8 Å². The molecule has 0 bridgehead atoms. The van der Waals surface area contributed by atoms with Crippen LogP contribution >= 0.6 is 0 Å². The highest BCUT2D eigenvalue weighted by molar-refractivity contribution is 6.04. The molecule has 3 heteroatoms. The molecule has 1 aromatic carbocycles. The van der Waals surface area contributed by atoms with Crippen LogP contribution in [0.1, 0.15) is 36.5 Å². The standard InChI is InChI=1S/C16H20N2O/c1-11-13-8-5-9-14(13)18-16(17-11)10-15(19)12-6-3-2-4-7-12/h2-4,6-7,10-11,13-14,17-18H,5,8-9H2,1H3/b16-10+. The second-order valence-corrected chi connectivity index (χ2v) is 5.57. The quantitative estimate of drug-likeness (QED) is 0.631. The van der Waals surface area contributed by atoms with Gasteiger partial charge in [0.05, 0.1) is 0 Å². The van der Waals surface area contributed by atoms with Crippen LogP contribution in [-0.4, -0.2) is 17.9 Å². The van der Waals surface area contributed by atoms with Gasteiger partial charge in [-0.2, -0.15) is 0 Å². The summed E-state index contributed by atoms with van der Waals surface area (Å²) in [6.45, 7) is 2.21. The molecule has 19 heavy (non-hydrogen) atoms. The lowest BCUT2D eigenvalue weighted by Gasteiger charge is -2.36. The summed E-state index contributed by atoms with van der Waals surface area (Å²) in [7, 11) is 0. The summed E-state index contributed by atoms with van der Waals surface area (Å²) in [6.07, 6.45) is 5.48. The smallest absolute Gasteiger partial charge is 0.189 e. The van der Waals surface area contributed by atoms with Gasteiger partial charge in [-0.3, -0.25) is 4.79 Å². The third-order valence-corrected chi connectivity index (χ3v) is 4.27. The largest absolute Gasteiger partial charge is 0.369 e. The summed E-state index contributed by atoms with van der Waals surface area (Å²) in [5.74, 6) is 1.63. The van der Waals surface area contributed by atoms with Gasteiger partial charge in [0.2, 0.25) is 0 Å². The first kappa shape index (κ1) is 12.3. The molecule has 1 saturated carbocycles. The Bertz CT molecular complexity index is 495. The zero-order chi connectivity index (χ0) is 13.2. The topological polar surface area (TPSA) is 41.1 Å². The van der Waals surface area contributed by atoms with Gasteiger partial charge in [0, 0.05) is 23.7 Å². The molecule has 3 unspecified atom stereocenters. The Morgan fingerprint density at radius 3 is 2.79 bits per heavy atom. The highest BCUT2D eigenvalue weighted by atomic mass is 16.1. The summed E-state index contributed by atoms with van der Waals surface area (Å²) in [5.41, 5.74) is 0.736. The molecule has 2 N–H and O–H groups in total. The molecule has 0 radical (unpaired) electrons. The van der Waals surface area contributed by atoms with Gasteiger partial charge in [-0.25, -0.2) is 0 Å². The number of benzene rings is 1. The first-order valence-corrected chi connectivity index (χ1v) is 7.08. The zero-order valence-corrected chi connectivity index (χ0v) is 11.2. The molecule has 3 nitrogen and oxygen atoms in total. The molecular weight excluding hydrogens is 236 g/mol. The predicted molar refractivity (Wildman–Crippen MR) is 75.7 cm³/mol. The van der Waals surface area contributed by atoms with Crippen LogP contribution < -0.4 is 10.6 Å². The van der Waals surface area contributed by atoms with Crippen molar-refractivity contribution in [3.63, 3.8) is 0 Å². The van der Waals surface area contributed by atoms with Crippen LogP contribution in [0.5, 0.6) is 0 Å². The molecule has 1 heterocycles. The third kappa shape index (κ3) is 2.50. The molecule has 100 valence electrons. The fraction of sp³-hybridized carbons (Fsp3) is 0.438. The van der Waals surface area contributed by atoms with E-state index in [1.807, 2.05) is 30.3 Å². The molecule has 3 atom stereocenters. The van der Waals surface area contributed by atoms with Gasteiger partial charge in [-0.15, -0.1) is 0 Å². The first-order valence-electron chi connectivity index (χ1n) is 7.08. The average Bonchev–Trinajstić information content (AvgIpc) is 2.88. The van der Waals surface area contributed by atoms with Crippen LogP contribution in [0.4, 0.5) is 0 Å². The molecule has 0 spiro atoms. The summed E-state index contributed by atoms with van der Waals surface area (Å²) in [4.78, 5) is 12.2. The highest BCUT2D eigenvalue weighted by Crippen LogP contribution is 2.31. The SMILES string of the molecule is CC1N/C(=C\C(=O)c2ccccc2)NC2CCCC12. The molecule has 1 aliphatic heterocycles. The fourth-order valence-electron chi connectivity index (χ4n) is 3.26. The van der Waals surface area contributed by atoms with E-state index in [0.717, 1.165) is 11.4 Å². The maximum absolute atomic E-state index is 12.2. The number of hydrogen-bond donors (Lipinski definition) is 2. The van der Waals surface area contributed by atoms with Crippen molar-refractivity contribution in [3.8, 4) is 0 Å². The molecule has 0 aromatic heterocycles. The Morgan fingerprint density at radius 1 is 1.21 bits per heavy atom. The van der Waals surface area contributed by atoms with E-state index in [-0.39, 0.29) is 5.78 Å². The van der Waals surface area contributed by atoms with Gasteiger partial charge >= 0.3 is 0 Å². The summed E-state index contributed by atoms with van der Waals surface area (Å²) < 4.78 is 0. The van der Waals surface area contributed by atoms with Crippen molar-refractivity contribution in [1.29, 1.82) is 0 Å². The Balaban J connectivity index is 1.75. The van der Waals surface area contributed by atoms with Gasteiger partial charge in [-0.05, 0) is 25.7 Å². The molecule has 1 aromatic rings. The number of ketones is 1. The summed E-state index contributed by atoms with van der Waals surface area (Å²) >= 11 is 0. The second kappa shape index (κ2) is 5.08. The Kier molecular flexibility index (Phi) is 3.28. The summed E-state index contributed by atoms with van der Waals surface area (Å²) in [5, 5.41) is 6.89. The van der Waals surface area contributed by atoms with Crippen molar-refractivity contribution >= 4 is 5.78 Å². The van der Waals surface area contributed by atoms with Crippen molar-refractivity contribution in [2.75, 3.05) is 0 Å². The minimum Gasteiger partial charge on any atom is -0.369 e. The molecule has 1 saturated heterocycles. The van der Waals surface area contributed by atoms with Crippen molar-refractivity contribution in [2.45, 2.75) is 38.3 Å². The minimum atomic E-state index is 0.0549. The molecule has 3 rings (SSSR count). The molecule has 0 amide bonds. The monoisotopic (exact) mass is 256 g/mol. The van der Waals surface area contributed by atoms with Crippen molar-refractivity contribution in [2.24, 2.45) is 5.92 Å². The van der Waals surface area contributed by atoms with E-state index >= 15 is 0 Å². The molecule has 2 fully saturated rings. The number of nitrogens with one attached hydrogen (secondary N) is 2. The minimum absolute atomic E-state index is 0.0549. The fourth-order valence-corrected chi connectivity index (χ4v) is 3.26. The van der Waals surface area contributed by atoms with Crippen LogP contribution in [0.25, 0.3) is 0 Å². The van der Waals surface area contributed by atoms with E-state index in [9.17, 15) is 4.79 Å². The van der Waals surface area contributed by atoms with E-state index in [0.29, 0.717) is 18.0 Å². The number of allylic oxidation sites excluding steroid dienone is 1. The van der Waals surface area contributed by atoms with Crippen molar-refractivity contribution < 1.29 is 4.79 Å². The Hall–Kier alpha value is -1.77.